The molecule has 3 nitrogen and oxygen atoms in total. The van der Waals surface area contributed by atoms with Gasteiger partial charge in [0.05, 0.1) is 14.6 Å². The number of pyridine rings is 1. The van der Waals surface area contributed by atoms with Gasteiger partial charge in [0.1, 0.15) is 0 Å². The number of hydrogen-bond acceptors (Lipinski definition) is 3. The second-order valence-corrected chi connectivity index (χ2v) is 4.61. The Hall–Kier alpha value is -0.900. The minimum Gasteiger partial charge on any atom is -0.265 e. The summed E-state index contributed by atoms with van der Waals surface area (Å²) in [5.41, 5.74) is 0. The molecule has 60 valence electrons. The van der Waals surface area contributed by atoms with Gasteiger partial charge in [-0.2, -0.15) is 0 Å². The van der Waals surface area contributed by atoms with Crippen LogP contribution in [0.15, 0.2) is 33.8 Å². The van der Waals surface area contributed by atoms with E-state index in [2.05, 4.69) is 9.35 Å². The lowest BCUT2D eigenvalue weighted by Crippen LogP contribution is -1.96. The van der Waals surface area contributed by atoms with Crippen LogP contribution in [0.5, 0.6) is 0 Å². The first-order valence-electron chi connectivity index (χ1n) is 3.17. The molecule has 0 radical (unpaired) electrons. The van der Waals surface area contributed by atoms with Crippen molar-refractivity contribution in [2.75, 3.05) is 13.3 Å². The van der Waals surface area contributed by atoms with Gasteiger partial charge in [0, 0.05) is 25.7 Å². The number of rotatable bonds is 1. The summed E-state index contributed by atoms with van der Waals surface area (Å²) in [5, 5.41) is 0. The smallest absolute Gasteiger partial charge is 0.0721 e. The highest BCUT2D eigenvalue weighted by Gasteiger charge is 2.01. The van der Waals surface area contributed by atoms with Crippen molar-refractivity contribution >= 4 is 9.73 Å². The molecule has 1 heterocycles. The zero-order chi connectivity index (χ0) is 8.32. The Kier molecular flexibility index (Phi) is 2.24. The summed E-state index contributed by atoms with van der Waals surface area (Å²) in [6, 6.07) is 3.44. The quantitative estimate of drug-likeness (QED) is 0.635. The number of nitrogens with zero attached hydrogens (tertiary/aromatic N) is 2. The Morgan fingerprint density at radius 2 is 2.00 bits per heavy atom. The molecule has 0 saturated heterocycles. The summed E-state index contributed by atoms with van der Waals surface area (Å²) in [4.78, 5) is 4.56. The minimum atomic E-state index is -2.16. The molecule has 1 aromatic rings. The van der Waals surface area contributed by atoms with Gasteiger partial charge in [-0.05, 0) is 12.1 Å². The second-order valence-electron chi connectivity index (χ2n) is 2.17. The fraction of sp³-hybridized carbons (Fsp3) is 0.286. The number of hydrogen-bond donors (Lipinski definition) is 0. The van der Waals surface area contributed by atoms with Gasteiger partial charge in [-0.1, -0.05) is 0 Å². The maximum atomic E-state index is 11.6. The van der Waals surface area contributed by atoms with Gasteiger partial charge in [0.25, 0.3) is 0 Å². The Morgan fingerprint density at radius 1 is 1.45 bits per heavy atom. The lowest BCUT2D eigenvalue weighted by atomic mass is 10.5. The standard InChI is InChI=1S/C7H10N2OS/c1-8-11(2,10)7-3-5-9-6-4-7/h3-6H,1-2H3. The minimum absolute atomic E-state index is 0.731. The Labute approximate surface area is 66.7 Å². The molecule has 0 N–H and O–H groups in total. The molecule has 0 aliphatic rings. The van der Waals surface area contributed by atoms with Crippen molar-refractivity contribution in [3.8, 4) is 0 Å². The molecule has 0 aromatic carbocycles. The van der Waals surface area contributed by atoms with Crippen LogP contribution in [0.25, 0.3) is 0 Å². The van der Waals surface area contributed by atoms with Gasteiger partial charge in [-0.25, -0.2) is 8.57 Å². The summed E-state index contributed by atoms with van der Waals surface area (Å²) < 4.78 is 15.4. The molecule has 0 bridgehead atoms. The van der Waals surface area contributed by atoms with E-state index in [9.17, 15) is 4.21 Å². The summed E-state index contributed by atoms with van der Waals surface area (Å²) >= 11 is 0. The van der Waals surface area contributed by atoms with E-state index in [1.165, 1.54) is 0 Å². The molecule has 0 aliphatic heterocycles. The molecule has 0 aliphatic carbocycles. The van der Waals surface area contributed by atoms with Crippen LogP contribution in [-0.4, -0.2) is 22.5 Å². The lowest BCUT2D eigenvalue weighted by Gasteiger charge is -1.99. The highest BCUT2D eigenvalue weighted by Crippen LogP contribution is 2.07. The molecular weight excluding hydrogens is 160 g/mol. The van der Waals surface area contributed by atoms with Crippen LogP contribution in [0.3, 0.4) is 0 Å². The molecule has 0 spiro atoms. The van der Waals surface area contributed by atoms with Crippen LogP contribution in [0.1, 0.15) is 0 Å². The number of aromatic nitrogens is 1. The zero-order valence-corrected chi connectivity index (χ0v) is 7.34. The van der Waals surface area contributed by atoms with Crippen LogP contribution < -0.4 is 0 Å². The molecule has 0 amide bonds. The fourth-order valence-corrected chi connectivity index (χ4v) is 1.53. The third-order valence-corrected chi connectivity index (χ3v) is 3.28. The Bertz CT molecular complexity index is 339. The maximum Gasteiger partial charge on any atom is 0.0721 e. The molecule has 1 atom stereocenters. The van der Waals surface area contributed by atoms with Gasteiger partial charge in [0.2, 0.25) is 0 Å². The van der Waals surface area contributed by atoms with Crippen LogP contribution >= 0.6 is 0 Å². The molecule has 1 rings (SSSR count). The lowest BCUT2D eigenvalue weighted by molar-refractivity contribution is 0.680. The topological polar surface area (TPSA) is 42.3 Å². The van der Waals surface area contributed by atoms with Crippen LogP contribution in [0, 0.1) is 0 Å². The zero-order valence-electron chi connectivity index (χ0n) is 6.52. The van der Waals surface area contributed by atoms with E-state index in [4.69, 9.17) is 0 Å². The predicted molar refractivity (Wildman–Crippen MR) is 44.9 cm³/mol. The average Bonchev–Trinajstić information content (AvgIpc) is 2.06. The summed E-state index contributed by atoms with van der Waals surface area (Å²) in [6.07, 6.45) is 4.84. The highest BCUT2D eigenvalue weighted by molar-refractivity contribution is 7.93. The monoisotopic (exact) mass is 170 g/mol. The van der Waals surface area contributed by atoms with E-state index in [-0.39, 0.29) is 0 Å². The Morgan fingerprint density at radius 3 is 2.45 bits per heavy atom. The first kappa shape index (κ1) is 8.20. The third kappa shape index (κ3) is 1.77. The fourth-order valence-electron chi connectivity index (χ4n) is 0.696. The largest absolute Gasteiger partial charge is 0.265 e. The van der Waals surface area contributed by atoms with Gasteiger partial charge in [-0.15, -0.1) is 0 Å². The molecule has 11 heavy (non-hydrogen) atoms. The van der Waals surface area contributed by atoms with E-state index >= 15 is 0 Å². The molecule has 0 fully saturated rings. The highest BCUT2D eigenvalue weighted by atomic mass is 32.2. The van der Waals surface area contributed by atoms with Crippen LogP contribution in [-0.2, 0) is 9.73 Å². The molecule has 1 unspecified atom stereocenters. The molecular formula is C7H10N2OS. The maximum absolute atomic E-state index is 11.6. The Balaban J connectivity index is 3.25. The average molecular weight is 170 g/mol. The molecule has 0 saturated carbocycles. The van der Waals surface area contributed by atoms with Crippen LogP contribution in [0.2, 0.25) is 0 Å². The van der Waals surface area contributed by atoms with Crippen molar-refractivity contribution in [1.29, 1.82) is 0 Å². The SMILES string of the molecule is CN=S(C)(=O)c1ccncc1. The third-order valence-electron chi connectivity index (χ3n) is 1.44. The van der Waals surface area contributed by atoms with Crippen molar-refractivity contribution in [3.05, 3.63) is 24.5 Å². The summed E-state index contributed by atoms with van der Waals surface area (Å²) in [7, 11) is -0.605. The van der Waals surface area contributed by atoms with E-state index in [1.54, 1.807) is 37.8 Å². The van der Waals surface area contributed by atoms with Gasteiger partial charge in [-0.3, -0.25) is 4.98 Å². The van der Waals surface area contributed by atoms with Crippen molar-refractivity contribution in [2.45, 2.75) is 4.90 Å². The predicted octanol–water partition coefficient (Wildman–Crippen LogP) is 1.17. The van der Waals surface area contributed by atoms with Crippen molar-refractivity contribution in [1.82, 2.24) is 4.98 Å². The molecule has 4 heteroatoms. The molecule has 1 aromatic heterocycles. The van der Waals surface area contributed by atoms with E-state index in [1.807, 2.05) is 0 Å². The first-order chi connectivity index (χ1) is 5.17. The van der Waals surface area contributed by atoms with Crippen molar-refractivity contribution in [3.63, 3.8) is 0 Å². The first-order valence-corrected chi connectivity index (χ1v) is 5.09. The van der Waals surface area contributed by atoms with E-state index in [0.717, 1.165) is 4.90 Å². The normalized spacial score (nSPS) is 15.5. The van der Waals surface area contributed by atoms with Crippen molar-refractivity contribution in [2.24, 2.45) is 4.36 Å². The summed E-state index contributed by atoms with van der Waals surface area (Å²) in [6.45, 7) is 0. The van der Waals surface area contributed by atoms with E-state index < -0.39 is 9.73 Å². The van der Waals surface area contributed by atoms with Gasteiger partial charge in [0.15, 0.2) is 0 Å². The van der Waals surface area contributed by atoms with Gasteiger partial charge < -0.3 is 0 Å². The van der Waals surface area contributed by atoms with Crippen molar-refractivity contribution < 1.29 is 4.21 Å². The van der Waals surface area contributed by atoms with Gasteiger partial charge >= 0.3 is 0 Å². The van der Waals surface area contributed by atoms with E-state index in [0.29, 0.717) is 0 Å². The summed E-state index contributed by atoms with van der Waals surface area (Å²) in [5.74, 6) is 0. The van der Waals surface area contributed by atoms with Crippen LogP contribution in [0.4, 0.5) is 0 Å². The second kappa shape index (κ2) is 3.00.